The van der Waals surface area contributed by atoms with Crippen molar-refractivity contribution < 1.29 is 0 Å². The summed E-state index contributed by atoms with van der Waals surface area (Å²) in [5.74, 6) is 0. The molecule has 3 heterocycles. The second kappa shape index (κ2) is 11.7. The monoisotopic (exact) mass is 429 g/mol. The minimum absolute atomic E-state index is 0.811. The molecule has 0 radical (unpaired) electrons. The molecule has 0 aliphatic heterocycles. The molecule has 0 unspecified atom stereocenters. The lowest BCUT2D eigenvalue weighted by Crippen LogP contribution is -2.19. The van der Waals surface area contributed by atoms with Crippen molar-refractivity contribution in [2.24, 2.45) is 0 Å². The minimum Gasteiger partial charge on any atom is -0.353 e. The molecule has 168 valence electrons. The van der Waals surface area contributed by atoms with Gasteiger partial charge >= 0.3 is 0 Å². The molecule has 0 saturated heterocycles. The molecule has 3 N–H and O–H groups in total. The van der Waals surface area contributed by atoms with Crippen LogP contribution in [0.1, 0.15) is 49.6 Å². The summed E-state index contributed by atoms with van der Waals surface area (Å²) in [7, 11) is 0. The summed E-state index contributed by atoms with van der Waals surface area (Å²) in [6.45, 7) is 6.15. The molecule has 1 aliphatic rings. The first kappa shape index (κ1) is 22.4. The highest BCUT2D eigenvalue weighted by molar-refractivity contribution is 6.07. The van der Waals surface area contributed by atoms with Crippen LogP contribution in [-0.4, -0.2) is 34.6 Å². The fourth-order valence-corrected chi connectivity index (χ4v) is 4.38. The second-order valence-corrected chi connectivity index (χ2v) is 8.40. The quantitative estimate of drug-likeness (QED) is 0.339. The molecule has 0 spiro atoms. The number of para-hydroxylation sites is 1. The topological polar surface area (TPSA) is 65.6 Å². The number of hydrogen-bond acceptors (Lipinski definition) is 4. The number of aromatic amines is 1. The molecule has 0 amide bonds. The summed E-state index contributed by atoms with van der Waals surface area (Å²) in [6, 6.07) is 14.7. The lowest BCUT2D eigenvalue weighted by molar-refractivity contribution is 0.588. The van der Waals surface area contributed by atoms with Crippen molar-refractivity contribution in [2.45, 2.75) is 52.0 Å². The molecule has 0 fully saturated rings. The molecule has 1 aliphatic carbocycles. The maximum atomic E-state index is 4.54. The Morgan fingerprint density at radius 2 is 1.69 bits per heavy atom. The SMILES string of the molecule is CCNCCCCNCc1nccc2c1[nH]c1ccccc12.c1cnc2c(c1)CCCC2. The predicted octanol–water partition coefficient (Wildman–Crippen LogP) is 5.16. The van der Waals surface area contributed by atoms with E-state index in [9.17, 15) is 0 Å². The van der Waals surface area contributed by atoms with E-state index in [1.807, 2.05) is 18.5 Å². The smallest absolute Gasteiger partial charge is 0.0782 e. The first-order valence-corrected chi connectivity index (χ1v) is 12.1. The number of unbranched alkanes of at least 4 members (excludes halogenated alkanes) is 1. The van der Waals surface area contributed by atoms with Crippen LogP contribution >= 0.6 is 0 Å². The van der Waals surface area contributed by atoms with E-state index in [2.05, 4.69) is 68.9 Å². The molecule has 5 rings (SSSR count). The molecular weight excluding hydrogens is 394 g/mol. The van der Waals surface area contributed by atoms with Crippen molar-refractivity contribution in [3.8, 4) is 0 Å². The van der Waals surface area contributed by atoms with Gasteiger partial charge in [0.25, 0.3) is 0 Å². The molecule has 0 atom stereocenters. The Balaban J connectivity index is 0.000000203. The molecule has 32 heavy (non-hydrogen) atoms. The minimum atomic E-state index is 0.811. The van der Waals surface area contributed by atoms with Crippen LogP contribution in [0.5, 0.6) is 0 Å². The third-order valence-electron chi connectivity index (χ3n) is 6.10. The van der Waals surface area contributed by atoms with Gasteiger partial charge in [0.2, 0.25) is 0 Å². The fourth-order valence-electron chi connectivity index (χ4n) is 4.38. The number of nitrogens with one attached hydrogen (secondary N) is 3. The lowest BCUT2D eigenvalue weighted by atomic mass is 9.96. The average molecular weight is 430 g/mol. The molecule has 5 heteroatoms. The van der Waals surface area contributed by atoms with Crippen LogP contribution in [0.15, 0.2) is 54.9 Å². The number of nitrogens with zero attached hydrogens (tertiary/aromatic N) is 2. The Bertz CT molecular complexity index is 1090. The van der Waals surface area contributed by atoms with E-state index in [1.54, 1.807) is 0 Å². The third kappa shape index (κ3) is 5.72. The largest absolute Gasteiger partial charge is 0.353 e. The average Bonchev–Trinajstić information content (AvgIpc) is 3.24. The van der Waals surface area contributed by atoms with Crippen molar-refractivity contribution in [1.82, 2.24) is 25.6 Å². The number of hydrogen-bond donors (Lipinski definition) is 3. The van der Waals surface area contributed by atoms with Gasteiger partial charge in [0.15, 0.2) is 0 Å². The highest BCUT2D eigenvalue weighted by Crippen LogP contribution is 2.26. The van der Waals surface area contributed by atoms with E-state index in [0.29, 0.717) is 0 Å². The highest BCUT2D eigenvalue weighted by Gasteiger charge is 2.09. The highest BCUT2D eigenvalue weighted by atomic mass is 14.9. The molecule has 1 aromatic carbocycles. The zero-order valence-corrected chi connectivity index (χ0v) is 19.2. The summed E-state index contributed by atoms with van der Waals surface area (Å²) in [4.78, 5) is 12.4. The Morgan fingerprint density at radius 3 is 2.56 bits per heavy atom. The maximum Gasteiger partial charge on any atom is 0.0782 e. The zero-order chi connectivity index (χ0) is 22.0. The molecule has 3 aromatic heterocycles. The van der Waals surface area contributed by atoms with E-state index in [1.165, 1.54) is 66.1 Å². The van der Waals surface area contributed by atoms with E-state index < -0.39 is 0 Å². The van der Waals surface area contributed by atoms with Crippen LogP contribution in [0.4, 0.5) is 0 Å². The fraction of sp³-hybridized carbons (Fsp3) is 0.407. The van der Waals surface area contributed by atoms with Gasteiger partial charge in [-0.2, -0.15) is 0 Å². The Labute approximate surface area is 191 Å². The number of aromatic nitrogens is 3. The van der Waals surface area contributed by atoms with E-state index >= 15 is 0 Å². The van der Waals surface area contributed by atoms with Gasteiger partial charge in [-0.1, -0.05) is 31.2 Å². The van der Waals surface area contributed by atoms with E-state index in [4.69, 9.17) is 0 Å². The van der Waals surface area contributed by atoms with Gasteiger partial charge in [-0.05, 0) is 81.9 Å². The van der Waals surface area contributed by atoms with Gasteiger partial charge < -0.3 is 15.6 Å². The normalized spacial score (nSPS) is 13.0. The summed E-state index contributed by atoms with van der Waals surface area (Å²) >= 11 is 0. The first-order valence-electron chi connectivity index (χ1n) is 12.1. The van der Waals surface area contributed by atoms with Crippen LogP contribution in [0, 0.1) is 0 Å². The van der Waals surface area contributed by atoms with Gasteiger partial charge in [0.1, 0.15) is 0 Å². The van der Waals surface area contributed by atoms with Gasteiger partial charge in [-0.25, -0.2) is 0 Å². The molecule has 5 nitrogen and oxygen atoms in total. The summed E-state index contributed by atoms with van der Waals surface area (Å²) < 4.78 is 0. The summed E-state index contributed by atoms with van der Waals surface area (Å²) in [5.41, 5.74) is 6.23. The molecule has 4 aromatic rings. The van der Waals surface area contributed by atoms with Gasteiger partial charge in [0, 0.05) is 40.9 Å². The van der Waals surface area contributed by atoms with E-state index in [0.717, 1.165) is 37.4 Å². The van der Waals surface area contributed by atoms with Crippen LogP contribution in [0.2, 0.25) is 0 Å². The van der Waals surface area contributed by atoms with Crippen molar-refractivity contribution in [3.63, 3.8) is 0 Å². The van der Waals surface area contributed by atoms with Crippen LogP contribution in [0.25, 0.3) is 21.8 Å². The Hall–Kier alpha value is -2.76. The number of rotatable bonds is 8. The Kier molecular flexibility index (Phi) is 8.23. The van der Waals surface area contributed by atoms with Crippen molar-refractivity contribution in [1.29, 1.82) is 0 Å². The maximum absolute atomic E-state index is 4.54. The van der Waals surface area contributed by atoms with Crippen molar-refractivity contribution in [2.75, 3.05) is 19.6 Å². The van der Waals surface area contributed by atoms with Gasteiger partial charge in [0.05, 0.1) is 11.2 Å². The summed E-state index contributed by atoms with van der Waals surface area (Å²) in [6.07, 6.45) is 11.3. The van der Waals surface area contributed by atoms with Crippen molar-refractivity contribution >= 4 is 21.8 Å². The third-order valence-corrected chi connectivity index (χ3v) is 6.10. The van der Waals surface area contributed by atoms with Crippen LogP contribution in [-0.2, 0) is 19.4 Å². The van der Waals surface area contributed by atoms with Gasteiger partial charge in [-0.15, -0.1) is 0 Å². The number of H-pyrrole nitrogens is 1. The van der Waals surface area contributed by atoms with Crippen LogP contribution < -0.4 is 10.6 Å². The van der Waals surface area contributed by atoms with Crippen LogP contribution in [0.3, 0.4) is 0 Å². The molecule has 0 bridgehead atoms. The van der Waals surface area contributed by atoms with Gasteiger partial charge in [-0.3, -0.25) is 9.97 Å². The number of pyridine rings is 2. The first-order chi connectivity index (χ1) is 15.9. The number of fused-ring (bicyclic) bond motifs is 4. The Morgan fingerprint density at radius 1 is 0.844 bits per heavy atom. The van der Waals surface area contributed by atoms with E-state index in [-0.39, 0.29) is 0 Å². The molecule has 0 saturated carbocycles. The number of aryl methyl sites for hydroxylation is 2. The summed E-state index contributed by atoms with van der Waals surface area (Å²) in [5, 5.41) is 9.38. The number of benzene rings is 1. The second-order valence-electron chi connectivity index (χ2n) is 8.40. The lowest BCUT2D eigenvalue weighted by Gasteiger charge is -2.12. The molecular formula is C27H35N5. The standard InChI is InChI=1S/C18H24N4.C9H11N/c1-2-19-10-5-6-11-20-13-17-18-15(9-12-21-17)14-7-3-4-8-16(14)22-18;1-2-6-9-8(4-1)5-3-7-10-9/h3-4,7-9,12,19-20,22H,2,5-6,10-11,13H2,1H3;3,5,7H,1-2,4,6H2. The predicted molar refractivity (Wildman–Crippen MR) is 134 cm³/mol. The zero-order valence-electron chi connectivity index (χ0n) is 19.2. The van der Waals surface area contributed by atoms with Crippen molar-refractivity contribution in [3.05, 3.63) is 71.8 Å².